The van der Waals surface area contributed by atoms with Crippen molar-refractivity contribution in [2.75, 3.05) is 7.05 Å². The Bertz CT molecular complexity index is 312. The summed E-state index contributed by atoms with van der Waals surface area (Å²) >= 11 is 12.0. The van der Waals surface area contributed by atoms with Crippen LogP contribution in [0.1, 0.15) is 25.3 Å². The summed E-state index contributed by atoms with van der Waals surface area (Å²) in [5, 5.41) is 4.76. The molecule has 1 atom stereocenters. The fourth-order valence-corrected chi connectivity index (χ4v) is 2.14. The van der Waals surface area contributed by atoms with Crippen molar-refractivity contribution >= 4 is 23.2 Å². The average molecular weight is 246 g/mol. The summed E-state index contributed by atoms with van der Waals surface area (Å²) in [6, 6.07) is 6.19. The van der Waals surface area contributed by atoms with Gasteiger partial charge < -0.3 is 5.32 Å². The minimum atomic E-state index is 0.494. The van der Waals surface area contributed by atoms with E-state index in [2.05, 4.69) is 12.2 Å². The van der Waals surface area contributed by atoms with Crippen LogP contribution in [0.15, 0.2) is 18.2 Å². The van der Waals surface area contributed by atoms with Gasteiger partial charge in [-0.2, -0.15) is 0 Å². The Labute approximate surface area is 102 Å². The van der Waals surface area contributed by atoms with Gasteiger partial charge >= 0.3 is 0 Å². The lowest BCUT2D eigenvalue weighted by Crippen LogP contribution is -2.27. The monoisotopic (exact) mass is 245 g/mol. The number of likely N-dealkylation sites (N-methyl/N-ethyl adjacent to an activating group) is 1. The first-order valence-corrected chi connectivity index (χ1v) is 6.04. The zero-order valence-electron chi connectivity index (χ0n) is 9.19. The molecule has 1 nitrogen and oxygen atoms in total. The predicted molar refractivity (Wildman–Crippen MR) is 67.9 cm³/mol. The summed E-state index contributed by atoms with van der Waals surface area (Å²) in [5.41, 5.74) is 1.16. The molecule has 0 aromatic heterocycles. The molecule has 0 bridgehead atoms. The van der Waals surface area contributed by atoms with Gasteiger partial charge in [-0.15, -0.1) is 0 Å². The second-order valence-corrected chi connectivity index (χ2v) is 4.56. The Hall–Kier alpha value is -0.240. The van der Waals surface area contributed by atoms with E-state index in [9.17, 15) is 0 Å². The van der Waals surface area contributed by atoms with E-state index in [1.807, 2.05) is 19.2 Å². The molecule has 1 aromatic rings. The molecule has 0 spiro atoms. The predicted octanol–water partition coefficient (Wildman–Crippen LogP) is 3.92. The van der Waals surface area contributed by atoms with Gasteiger partial charge in [0.25, 0.3) is 0 Å². The molecule has 0 radical (unpaired) electrons. The second-order valence-electron chi connectivity index (χ2n) is 3.71. The van der Waals surface area contributed by atoms with Crippen molar-refractivity contribution in [1.82, 2.24) is 5.32 Å². The third kappa shape index (κ3) is 4.02. The van der Waals surface area contributed by atoms with Gasteiger partial charge in [0.05, 0.1) is 0 Å². The molecule has 1 aromatic carbocycles. The second kappa shape index (κ2) is 6.37. The highest BCUT2D eigenvalue weighted by molar-refractivity contribution is 6.35. The normalized spacial score (nSPS) is 12.8. The van der Waals surface area contributed by atoms with Gasteiger partial charge in [0.2, 0.25) is 0 Å². The van der Waals surface area contributed by atoms with E-state index in [0.29, 0.717) is 11.1 Å². The molecule has 0 aliphatic heterocycles. The van der Waals surface area contributed by atoms with E-state index in [1.165, 1.54) is 6.42 Å². The summed E-state index contributed by atoms with van der Waals surface area (Å²) in [7, 11) is 1.99. The zero-order valence-corrected chi connectivity index (χ0v) is 10.7. The maximum atomic E-state index is 6.12. The molecule has 1 unspecified atom stereocenters. The highest BCUT2D eigenvalue weighted by Gasteiger charge is 2.08. The van der Waals surface area contributed by atoms with E-state index in [-0.39, 0.29) is 0 Å². The van der Waals surface area contributed by atoms with Crippen LogP contribution in [-0.4, -0.2) is 13.1 Å². The van der Waals surface area contributed by atoms with E-state index >= 15 is 0 Å². The Balaban J connectivity index is 2.70. The summed E-state index contributed by atoms with van der Waals surface area (Å²) in [6.07, 6.45) is 3.30. The van der Waals surface area contributed by atoms with Crippen LogP contribution in [0.4, 0.5) is 0 Å². The van der Waals surface area contributed by atoms with E-state index in [1.54, 1.807) is 6.07 Å². The largest absolute Gasteiger partial charge is 0.317 e. The van der Waals surface area contributed by atoms with Crippen LogP contribution >= 0.6 is 23.2 Å². The lowest BCUT2D eigenvalue weighted by molar-refractivity contribution is 0.514. The summed E-state index contributed by atoms with van der Waals surface area (Å²) in [6.45, 7) is 2.19. The number of hydrogen-bond acceptors (Lipinski definition) is 1. The molecule has 1 rings (SSSR count). The van der Waals surface area contributed by atoms with Crippen molar-refractivity contribution < 1.29 is 0 Å². The molecule has 0 saturated carbocycles. The first-order chi connectivity index (χ1) is 7.17. The highest BCUT2D eigenvalue weighted by atomic mass is 35.5. The third-order valence-corrected chi connectivity index (χ3v) is 3.11. The third-order valence-electron chi connectivity index (χ3n) is 2.53. The standard InChI is InChI=1S/C12H17Cl2N/c1-3-4-11(15-2)7-9-5-6-10(13)8-12(9)14/h5-6,8,11,15H,3-4,7H2,1-2H3. The van der Waals surface area contributed by atoms with Crippen LogP contribution in [0.2, 0.25) is 10.0 Å². The summed E-state index contributed by atoms with van der Waals surface area (Å²) in [4.78, 5) is 0. The Morgan fingerprint density at radius 2 is 2.07 bits per heavy atom. The molecule has 84 valence electrons. The number of nitrogens with one attached hydrogen (secondary N) is 1. The quantitative estimate of drug-likeness (QED) is 0.830. The minimum absolute atomic E-state index is 0.494. The minimum Gasteiger partial charge on any atom is -0.317 e. The van der Waals surface area contributed by atoms with E-state index < -0.39 is 0 Å². The van der Waals surface area contributed by atoms with Gasteiger partial charge in [-0.1, -0.05) is 42.6 Å². The van der Waals surface area contributed by atoms with Crippen molar-refractivity contribution in [3.05, 3.63) is 33.8 Å². The fourth-order valence-electron chi connectivity index (χ4n) is 1.65. The molecule has 15 heavy (non-hydrogen) atoms. The van der Waals surface area contributed by atoms with Gasteiger partial charge in [0, 0.05) is 16.1 Å². The molecule has 0 saturated heterocycles. The topological polar surface area (TPSA) is 12.0 Å². The van der Waals surface area contributed by atoms with E-state index in [0.717, 1.165) is 23.4 Å². The van der Waals surface area contributed by atoms with Crippen molar-refractivity contribution in [3.8, 4) is 0 Å². The van der Waals surface area contributed by atoms with Crippen molar-refractivity contribution in [1.29, 1.82) is 0 Å². The van der Waals surface area contributed by atoms with Gasteiger partial charge in [-0.25, -0.2) is 0 Å². The van der Waals surface area contributed by atoms with Gasteiger partial charge in [-0.05, 0) is 37.6 Å². The van der Waals surface area contributed by atoms with Gasteiger partial charge in [-0.3, -0.25) is 0 Å². The maximum Gasteiger partial charge on any atom is 0.0453 e. The molecule has 1 N–H and O–H groups in total. The van der Waals surface area contributed by atoms with Crippen LogP contribution in [0, 0.1) is 0 Å². The maximum absolute atomic E-state index is 6.12. The Morgan fingerprint density at radius 1 is 1.33 bits per heavy atom. The molecule has 0 aliphatic carbocycles. The van der Waals surface area contributed by atoms with E-state index in [4.69, 9.17) is 23.2 Å². The molecule has 0 amide bonds. The first-order valence-electron chi connectivity index (χ1n) is 5.28. The Morgan fingerprint density at radius 3 is 2.60 bits per heavy atom. The zero-order chi connectivity index (χ0) is 11.3. The molecule has 0 heterocycles. The molecular weight excluding hydrogens is 229 g/mol. The number of halogens is 2. The lowest BCUT2D eigenvalue weighted by Gasteiger charge is -2.16. The van der Waals surface area contributed by atoms with Gasteiger partial charge in [0.1, 0.15) is 0 Å². The number of rotatable bonds is 5. The molecule has 0 fully saturated rings. The molecule has 3 heteroatoms. The molecular formula is C12H17Cl2N. The van der Waals surface area contributed by atoms with Crippen LogP contribution in [0.5, 0.6) is 0 Å². The number of hydrogen-bond donors (Lipinski definition) is 1. The Kier molecular flexibility index (Phi) is 5.44. The molecule has 0 aliphatic rings. The van der Waals surface area contributed by atoms with Crippen LogP contribution < -0.4 is 5.32 Å². The summed E-state index contributed by atoms with van der Waals surface area (Å²) in [5.74, 6) is 0. The van der Waals surface area contributed by atoms with Crippen LogP contribution in [0.25, 0.3) is 0 Å². The smallest absolute Gasteiger partial charge is 0.0453 e. The van der Waals surface area contributed by atoms with Gasteiger partial charge in [0.15, 0.2) is 0 Å². The number of benzene rings is 1. The van der Waals surface area contributed by atoms with Crippen molar-refractivity contribution in [3.63, 3.8) is 0 Å². The lowest BCUT2D eigenvalue weighted by atomic mass is 10.0. The summed E-state index contributed by atoms with van der Waals surface area (Å²) < 4.78 is 0. The SMILES string of the molecule is CCCC(Cc1ccc(Cl)cc1Cl)NC. The van der Waals surface area contributed by atoms with Crippen molar-refractivity contribution in [2.45, 2.75) is 32.2 Å². The fraction of sp³-hybridized carbons (Fsp3) is 0.500. The first kappa shape index (κ1) is 12.8. The average Bonchev–Trinajstić information content (AvgIpc) is 2.21. The van der Waals surface area contributed by atoms with Crippen LogP contribution in [0.3, 0.4) is 0 Å². The highest BCUT2D eigenvalue weighted by Crippen LogP contribution is 2.22. The van der Waals surface area contributed by atoms with Crippen LogP contribution in [-0.2, 0) is 6.42 Å². The van der Waals surface area contributed by atoms with Crippen molar-refractivity contribution in [2.24, 2.45) is 0 Å².